The van der Waals surface area contributed by atoms with Gasteiger partial charge in [-0.25, -0.2) is 0 Å². The third-order valence-corrected chi connectivity index (χ3v) is 3.39. The standard InChI is InChI=1S/C15H18N4O2/c20-15(12-19-7-3-6-16-19)17-13-4-1-2-5-14(13)18-8-10-21-11-9-18/h1-7H,8-12H2,(H,17,20). The van der Waals surface area contributed by atoms with Gasteiger partial charge in [0.05, 0.1) is 24.6 Å². The molecule has 0 spiro atoms. The molecule has 2 aromatic rings. The molecular weight excluding hydrogens is 268 g/mol. The van der Waals surface area contributed by atoms with Crippen LogP contribution in [0.2, 0.25) is 0 Å². The van der Waals surface area contributed by atoms with Crippen LogP contribution in [0.3, 0.4) is 0 Å². The van der Waals surface area contributed by atoms with Crippen molar-refractivity contribution in [2.75, 3.05) is 36.5 Å². The molecule has 0 bridgehead atoms. The van der Waals surface area contributed by atoms with Gasteiger partial charge in [-0.05, 0) is 18.2 Å². The van der Waals surface area contributed by atoms with Crippen molar-refractivity contribution >= 4 is 17.3 Å². The number of ether oxygens (including phenoxy) is 1. The minimum Gasteiger partial charge on any atom is -0.378 e. The third kappa shape index (κ3) is 3.41. The van der Waals surface area contributed by atoms with Crippen LogP contribution in [0, 0.1) is 0 Å². The van der Waals surface area contributed by atoms with Crippen LogP contribution in [-0.2, 0) is 16.1 Å². The van der Waals surface area contributed by atoms with Crippen molar-refractivity contribution in [2.24, 2.45) is 0 Å². The fourth-order valence-corrected chi connectivity index (χ4v) is 2.39. The summed E-state index contributed by atoms with van der Waals surface area (Å²) in [5.41, 5.74) is 1.87. The Bertz CT molecular complexity index is 591. The molecule has 110 valence electrons. The molecule has 2 heterocycles. The van der Waals surface area contributed by atoms with E-state index in [4.69, 9.17) is 4.74 Å². The summed E-state index contributed by atoms with van der Waals surface area (Å²) in [6.45, 7) is 3.33. The number of nitrogens with one attached hydrogen (secondary N) is 1. The first-order chi connectivity index (χ1) is 10.3. The molecule has 1 aliphatic rings. The van der Waals surface area contributed by atoms with E-state index >= 15 is 0 Å². The largest absolute Gasteiger partial charge is 0.378 e. The minimum absolute atomic E-state index is 0.0839. The maximum atomic E-state index is 12.1. The molecular formula is C15H18N4O2. The van der Waals surface area contributed by atoms with E-state index in [1.807, 2.05) is 24.3 Å². The van der Waals surface area contributed by atoms with Crippen molar-refractivity contribution in [1.29, 1.82) is 0 Å². The van der Waals surface area contributed by atoms with Crippen molar-refractivity contribution in [3.8, 4) is 0 Å². The van der Waals surface area contributed by atoms with E-state index in [0.717, 1.165) is 37.7 Å². The van der Waals surface area contributed by atoms with Crippen LogP contribution in [0.25, 0.3) is 0 Å². The Hall–Kier alpha value is -2.34. The Morgan fingerprint density at radius 1 is 1.24 bits per heavy atom. The highest BCUT2D eigenvalue weighted by molar-refractivity contribution is 5.94. The summed E-state index contributed by atoms with van der Waals surface area (Å²) in [5.74, 6) is -0.0839. The number of morpholine rings is 1. The smallest absolute Gasteiger partial charge is 0.246 e. The molecule has 3 rings (SSSR count). The first-order valence-corrected chi connectivity index (χ1v) is 7.02. The van der Waals surface area contributed by atoms with E-state index in [-0.39, 0.29) is 12.5 Å². The number of nitrogens with zero attached hydrogens (tertiary/aromatic N) is 3. The number of carbonyl (C=O) groups is 1. The van der Waals surface area contributed by atoms with Gasteiger partial charge in [-0.3, -0.25) is 9.48 Å². The van der Waals surface area contributed by atoms with Gasteiger partial charge in [0.25, 0.3) is 0 Å². The van der Waals surface area contributed by atoms with Crippen molar-refractivity contribution in [3.63, 3.8) is 0 Å². The molecule has 1 saturated heterocycles. The lowest BCUT2D eigenvalue weighted by Crippen LogP contribution is -2.36. The Balaban J connectivity index is 1.71. The number of carbonyl (C=O) groups excluding carboxylic acids is 1. The molecule has 1 aliphatic heterocycles. The van der Waals surface area contributed by atoms with E-state index in [2.05, 4.69) is 15.3 Å². The summed E-state index contributed by atoms with van der Waals surface area (Å²) >= 11 is 0. The molecule has 0 saturated carbocycles. The molecule has 0 radical (unpaired) electrons. The summed E-state index contributed by atoms with van der Waals surface area (Å²) in [4.78, 5) is 14.3. The maximum absolute atomic E-state index is 12.1. The second kappa shape index (κ2) is 6.41. The van der Waals surface area contributed by atoms with Gasteiger partial charge in [0.1, 0.15) is 6.54 Å². The lowest BCUT2D eigenvalue weighted by molar-refractivity contribution is -0.116. The zero-order valence-electron chi connectivity index (χ0n) is 11.7. The Morgan fingerprint density at radius 2 is 2.05 bits per heavy atom. The molecule has 1 aromatic heterocycles. The number of aromatic nitrogens is 2. The van der Waals surface area contributed by atoms with E-state index in [0.29, 0.717) is 0 Å². The Labute approximate surface area is 123 Å². The highest BCUT2D eigenvalue weighted by atomic mass is 16.5. The first kappa shape index (κ1) is 13.6. The van der Waals surface area contributed by atoms with E-state index in [9.17, 15) is 4.79 Å². The van der Waals surface area contributed by atoms with Crippen LogP contribution in [0.4, 0.5) is 11.4 Å². The molecule has 0 aliphatic carbocycles. The zero-order valence-corrected chi connectivity index (χ0v) is 11.7. The number of anilines is 2. The number of hydrogen-bond donors (Lipinski definition) is 1. The number of para-hydroxylation sites is 2. The second-order valence-corrected chi connectivity index (χ2v) is 4.87. The minimum atomic E-state index is -0.0839. The van der Waals surface area contributed by atoms with E-state index in [1.165, 1.54) is 0 Å². The predicted molar refractivity (Wildman–Crippen MR) is 80.3 cm³/mol. The van der Waals surface area contributed by atoms with Gasteiger partial charge in [0.15, 0.2) is 0 Å². The van der Waals surface area contributed by atoms with Crippen LogP contribution >= 0.6 is 0 Å². The fourth-order valence-electron chi connectivity index (χ4n) is 2.39. The van der Waals surface area contributed by atoms with E-state index < -0.39 is 0 Å². The van der Waals surface area contributed by atoms with Gasteiger partial charge in [-0.15, -0.1) is 0 Å². The van der Waals surface area contributed by atoms with Crippen molar-refractivity contribution in [3.05, 3.63) is 42.7 Å². The van der Waals surface area contributed by atoms with Gasteiger partial charge >= 0.3 is 0 Å². The number of rotatable bonds is 4. The average Bonchev–Trinajstić information content (AvgIpc) is 3.01. The first-order valence-electron chi connectivity index (χ1n) is 7.02. The Morgan fingerprint density at radius 3 is 2.81 bits per heavy atom. The molecule has 21 heavy (non-hydrogen) atoms. The maximum Gasteiger partial charge on any atom is 0.246 e. The van der Waals surface area contributed by atoms with Crippen molar-refractivity contribution in [1.82, 2.24) is 9.78 Å². The molecule has 0 unspecified atom stereocenters. The normalized spacial score (nSPS) is 15.0. The molecule has 0 atom stereocenters. The number of benzene rings is 1. The molecule has 1 fully saturated rings. The summed E-state index contributed by atoms with van der Waals surface area (Å²) < 4.78 is 6.98. The Kier molecular flexibility index (Phi) is 4.16. The average molecular weight is 286 g/mol. The zero-order chi connectivity index (χ0) is 14.5. The van der Waals surface area contributed by atoms with E-state index in [1.54, 1.807) is 23.1 Å². The molecule has 6 nitrogen and oxygen atoms in total. The van der Waals surface area contributed by atoms with Crippen LogP contribution in [0.15, 0.2) is 42.7 Å². The van der Waals surface area contributed by atoms with Crippen LogP contribution in [-0.4, -0.2) is 42.0 Å². The fraction of sp³-hybridized carbons (Fsp3) is 0.333. The van der Waals surface area contributed by atoms with Gasteiger partial charge < -0.3 is 15.0 Å². The van der Waals surface area contributed by atoms with Crippen LogP contribution < -0.4 is 10.2 Å². The van der Waals surface area contributed by atoms with Gasteiger partial charge in [-0.2, -0.15) is 5.10 Å². The summed E-state index contributed by atoms with van der Waals surface area (Å²) in [7, 11) is 0. The third-order valence-electron chi connectivity index (χ3n) is 3.39. The van der Waals surface area contributed by atoms with Crippen molar-refractivity contribution < 1.29 is 9.53 Å². The summed E-state index contributed by atoms with van der Waals surface area (Å²) in [6, 6.07) is 9.65. The lowest BCUT2D eigenvalue weighted by Gasteiger charge is -2.30. The molecule has 1 N–H and O–H groups in total. The van der Waals surface area contributed by atoms with Gasteiger partial charge in [0.2, 0.25) is 5.91 Å². The summed E-state index contributed by atoms with van der Waals surface area (Å²) in [5, 5.41) is 7.00. The monoisotopic (exact) mass is 286 g/mol. The van der Waals surface area contributed by atoms with Crippen LogP contribution in [0.1, 0.15) is 0 Å². The molecule has 1 amide bonds. The predicted octanol–water partition coefficient (Wildman–Crippen LogP) is 1.36. The lowest BCUT2D eigenvalue weighted by atomic mass is 10.2. The van der Waals surface area contributed by atoms with Gasteiger partial charge in [-0.1, -0.05) is 12.1 Å². The van der Waals surface area contributed by atoms with Crippen LogP contribution in [0.5, 0.6) is 0 Å². The summed E-state index contributed by atoms with van der Waals surface area (Å²) in [6.07, 6.45) is 3.43. The van der Waals surface area contributed by atoms with Gasteiger partial charge in [0, 0.05) is 25.5 Å². The topological polar surface area (TPSA) is 59.4 Å². The second-order valence-electron chi connectivity index (χ2n) is 4.87. The highest BCUT2D eigenvalue weighted by Gasteiger charge is 2.15. The SMILES string of the molecule is O=C(Cn1cccn1)Nc1ccccc1N1CCOCC1. The molecule has 1 aromatic carbocycles. The number of hydrogen-bond acceptors (Lipinski definition) is 4. The molecule has 6 heteroatoms. The highest BCUT2D eigenvalue weighted by Crippen LogP contribution is 2.26. The van der Waals surface area contributed by atoms with Crippen molar-refractivity contribution in [2.45, 2.75) is 6.54 Å². The number of amides is 1. The quantitative estimate of drug-likeness (QED) is 0.922.